The van der Waals surface area contributed by atoms with E-state index in [4.69, 9.17) is 4.74 Å². The molecule has 1 heterocycles. The summed E-state index contributed by atoms with van der Waals surface area (Å²) in [5.41, 5.74) is 2.25. The van der Waals surface area contributed by atoms with E-state index in [9.17, 15) is 9.90 Å². The fourth-order valence-corrected chi connectivity index (χ4v) is 11.1. The maximum atomic E-state index is 12.8. The number of carbonyl (C=O) groups excluding carboxylic acids is 1. The Morgan fingerprint density at radius 1 is 0.879 bits per heavy atom. The Hall–Kier alpha value is -0.830. The van der Waals surface area contributed by atoms with Gasteiger partial charge in [0, 0.05) is 11.8 Å². The van der Waals surface area contributed by atoms with Crippen LogP contribution in [0.2, 0.25) is 0 Å². The fraction of sp³-hybridized carbons (Fsp3) is 0.900. The molecule has 0 unspecified atom stereocenters. The van der Waals surface area contributed by atoms with E-state index in [-0.39, 0.29) is 50.7 Å². The van der Waals surface area contributed by atoms with Crippen molar-refractivity contribution in [2.24, 2.45) is 50.2 Å². The van der Waals surface area contributed by atoms with Crippen LogP contribution in [0.3, 0.4) is 0 Å². The lowest BCUT2D eigenvalue weighted by Crippen LogP contribution is -2.65. The zero-order valence-corrected chi connectivity index (χ0v) is 22.1. The van der Waals surface area contributed by atoms with Crippen molar-refractivity contribution in [2.75, 3.05) is 0 Å². The van der Waals surface area contributed by atoms with Crippen molar-refractivity contribution >= 4 is 5.97 Å². The average molecular weight is 455 g/mol. The smallest absolute Gasteiger partial charge is 0.312 e. The van der Waals surface area contributed by atoms with Crippen molar-refractivity contribution in [3.63, 3.8) is 0 Å². The van der Waals surface area contributed by atoms with Crippen LogP contribution in [-0.4, -0.2) is 23.3 Å². The van der Waals surface area contributed by atoms with Gasteiger partial charge in [-0.3, -0.25) is 4.79 Å². The summed E-state index contributed by atoms with van der Waals surface area (Å²) in [7, 11) is 0. The number of rotatable bonds is 0. The number of aliphatic hydroxyl groups is 1. The lowest BCUT2D eigenvalue weighted by atomic mass is 9.33. The molecule has 0 radical (unpaired) electrons. The van der Waals surface area contributed by atoms with Crippen molar-refractivity contribution < 1.29 is 14.6 Å². The molecule has 3 heteroatoms. The van der Waals surface area contributed by atoms with Crippen molar-refractivity contribution in [3.05, 3.63) is 11.6 Å². The lowest BCUT2D eigenvalue weighted by molar-refractivity contribution is -0.204. The molecule has 1 N–H and O–H groups in total. The molecule has 1 saturated heterocycles. The van der Waals surface area contributed by atoms with E-state index in [1.165, 1.54) is 32.1 Å². The van der Waals surface area contributed by atoms with E-state index in [1.807, 2.05) is 0 Å². The van der Waals surface area contributed by atoms with E-state index in [1.54, 1.807) is 5.57 Å². The monoisotopic (exact) mass is 454 g/mol. The van der Waals surface area contributed by atoms with Gasteiger partial charge in [-0.15, -0.1) is 0 Å². The molecule has 0 aromatic rings. The Morgan fingerprint density at radius 2 is 1.61 bits per heavy atom. The fourth-order valence-electron chi connectivity index (χ4n) is 11.1. The highest BCUT2D eigenvalue weighted by atomic mass is 16.6. The van der Waals surface area contributed by atoms with Gasteiger partial charge in [0.15, 0.2) is 0 Å². The summed E-state index contributed by atoms with van der Waals surface area (Å²) in [6.07, 6.45) is 12.6. The highest BCUT2D eigenvalue weighted by Crippen LogP contribution is 2.76. The molecule has 4 saturated carbocycles. The molecule has 184 valence electrons. The van der Waals surface area contributed by atoms with Crippen LogP contribution in [0.25, 0.3) is 0 Å². The molecule has 0 spiro atoms. The van der Waals surface area contributed by atoms with E-state index >= 15 is 0 Å². The molecule has 6 rings (SSSR count). The molecule has 3 nitrogen and oxygen atoms in total. The van der Waals surface area contributed by atoms with Crippen LogP contribution in [0.4, 0.5) is 0 Å². The predicted molar refractivity (Wildman–Crippen MR) is 130 cm³/mol. The Kier molecular flexibility index (Phi) is 4.31. The summed E-state index contributed by atoms with van der Waals surface area (Å²) < 4.78 is 6.03. The van der Waals surface area contributed by atoms with Crippen LogP contribution in [0.15, 0.2) is 11.6 Å². The van der Waals surface area contributed by atoms with Gasteiger partial charge in [0.25, 0.3) is 0 Å². The second-order valence-corrected chi connectivity index (χ2v) is 15.1. The third kappa shape index (κ3) is 2.44. The summed E-state index contributed by atoms with van der Waals surface area (Å²) in [4.78, 5) is 12.8. The van der Waals surface area contributed by atoms with E-state index in [2.05, 4.69) is 54.5 Å². The number of hydrogen-bond donors (Lipinski definition) is 1. The minimum Gasteiger partial charge on any atom is -0.461 e. The topological polar surface area (TPSA) is 46.5 Å². The summed E-state index contributed by atoms with van der Waals surface area (Å²) in [5.74, 6) is 1.79. The van der Waals surface area contributed by atoms with Gasteiger partial charge in [-0.05, 0) is 97.7 Å². The lowest BCUT2D eigenvalue weighted by Gasteiger charge is -2.71. The molecule has 0 aromatic heterocycles. The first-order chi connectivity index (χ1) is 15.2. The highest BCUT2D eigenvalue weighted by molar-refractivity contribution is 5.79. The van der Waals surface area contributed by atoms with Crippen LogP contribution in [0, 0.1) is 50.2 Å². The van der Waals surface area contributed by atoms with Gasteiger partial charge in [-0.2, -0.15) is 0 Å². The van der Waals surface area contributed by atoms with Crippen molar-refractivity contribution in [1.82, 2.24) is 0 Å². The largest absolute Gasteiger partial charge is 0.461 e. The Bertz CT molecular complexity index is 935. The van der Waals surface area contributed by atoms with Crippen molar-refractivity contribution in [2.45, 2.75) is 118 Å². The quantitative estimate of drug-likeness (QED) is 0.328. The maximum Gasteiger partial charge on any atom is 0.312 e. The molecule has 33 heavy (non-hydrogen) atoms. The SMILES string of the molecule is CC1(C)[C@H]2CC[C@]3(C)[C@H](CC=C4[C@H]5C[C@@]6(C)C[C@H](OC6=O)[C@]5(C)CC[C@]43C)[C@@]2(C)CC[C@@H]1O. The number of allylic oxidation sites excluding steroid dienone is 2. The summed E-state index contributed by atoms with van der Waals surface area (Å²) in [6, 6.07) is 0. The van der Waals surface area contributed by atoms with Gasteiger partial charge in [0.05, 0.1) is 11.5 Å². The zero-order valence-electron chi connectivity index (χ0n) is 22.1. The van der Waals surface area contributed by atoms with Crippen molar-refractivity contribution in [3.8, 4) is 0 Å². The van der Waals surface area contributed by atoms with Gasteiger partial charge in [-0.25, -0.2) is 0 Å². The van der Waals surface area contributed by atoms with Gasteiger partial charge in [-0.1, -0.05) is 53.2 Å². The standard InChI is InChI=1S/C30H46O3/c1-25(2)20-10-13-30(7)21(28(20,5)12-11-22(25)31)9-8-18-19-16-26(3)17-23(33-24(26)32)27(19,4)14-15-29(18,30)6/h8,19-23,31H,9-17H2,1-7H3/t19-,20-,21-,22+,23+,26+,27-,28+,29-,30-/m1/s1. The number of hydrogen-bond acceptors (Lipinski definition) is 3. The van der Waals surface area contributed by atoms with Crippen LogP contribution < -0.4 is 0 Å². The Labute approximate surface area is 201 Å². The average Bonchev–Trinajstić information content (AvgIpc) is 3.00. The van der Waals surface area contributed by atoms with Crippen LogP contribution >= 0.6 is 0 Å². The van der Waals surface area contributed by atoms with Crippen LogP contribution in [0.1, 0.15) is 106 Å². The maximum absolute atomic E-state index is 12.8. The van der Waals surface area contributed by atoms with Gasteiger partial charge in [0.1, 0.15) is 6.10 Å². The zero-order chi connectivity index (χ0) is 23.8. The van der Waals surface area contributed by atoms with Gasteiger partial charge in [0.2, 0.25) is 0 Å². The third-order valence-electron chi connectivity index (χ3n) is 13.6. The number of aliphatic hydroxyl groups excluding tert-OH is 1. The first kappa shape index (κ1) is 22.6. The minimum atomic E-state index is -0.293. The molecule has 10 atom stereocenters. The van der Waals surface area contributed by atoms with Gasteiger partial charge < -0.3 is 9.84 Å². The Morgan fingerprint density at radius 3 is 2.33 bits per heavy atom. The first-order valence-corrected chi connectivity index (χ1v) is 13.8. The Balaban J connectivity index is 1.43. The summed E-state index contributed by atoms with van der Waals surface area (Å²) in [6.45, 7) is 17.1. The normalized spacial score (nSPS) is 58.8. The van der Waals surface area contributed by atoms with Gasteiger partial charge >= 0.3 is 5.97 Å². The molecule has 0 aromatic carbocycles. The molecule has 6 aliphatic rings. The molecular weight excluding hydrogens is 408 g/mol. The third-order valence-corrected chi connectivity index (χ3v) is 13.6. The van der Waals surface area contributed by atoms with E-state index in [0.29, 0.717) is 17.8 Å². The van der Waals surface area contributed by atoms with Crippen molar-refractivity contribution in [1.29, 1.82) is 0 Å². The van der Waals surface area contributed by atoms with Crippen LogP contribution in [0.5, 0.6) is 0 Å². The molecule has 5 fully saturated rings. The molecule has 0 amide bonds. The molecule has 2 bridgehead atoms. The number of ether oxygens (including phenoxy) is 1. The summed E-state index contributed by atoms with van der Waals surface area (Å²) in [5, 5.41) is 10.9. The minimum absolute atomic E-state index is 0.000773. The first-order valence-electron chi connectivity index (χ1n) is 13.8. The predicted octanol–water partition coefficient (Wildman–Crippen LogP) is 6.68. The van der Waals surface area contributed by atoms with E-state index in [0.717, 1.165) is 25.7 Å². The summed E-state index contributed by atoms with van der Waals surface area (Å²) >= 11 is 0. The number of fused-ring (bicyclic) bond motifs is 10. The molecule has 1 aliphatic heterocycles. The van der Waals surface area contributed by atoms with Crippen LogP contribution in [-0.2, 0) is 9.53 Å². The van der Waals surface area contributed by atoms with E-state index < -0.39 is 0 Å². The second kappa shape index (κ2) is 6.29. The number of esters is 1. The second-order valence-electron chi connectivity index (χ2n) is 15.1. The molecular formula is C30H46O3. The highest BCUT2D eigenvalue weighted by Gasteiger charge is 2.70. The number of carbonyl (C=O) groups is 1. The molecule has 5 aliphatic carbocycles.